The summed E-state index contributed by atoms with van der Waals surface area (Å²) in [6, 6.07) is 0. The molecule has 0 aromatic carbocycles. The van der Waals surface area contributed by atoms with Gasteiger partial charge < -0.3 is 20.9 Å². The molecule has 0 heterocycles. The van der Waals surface area contributed by atoms with E-state index in [0.717, 1.165) is 0 Å². The molecule has 0 aromatic rings. The van der Waals surface area contributed by atoms with Crippen molar-refractivity contribution in [2.45, 2.75) is 6.42 Å². The van der Waals surface area contributed by atoms with Gasteiger partial charge in [-0.25, -0.2) is 4.79 Å². The van der Waals surface area contributed by atoms with E-state index >= 15 is 0 Å². The number of carbonyl (C=O) groups excluding carboxylic acids is 1. The summed E-state index contributed by atoms with van der Waals surface area (Å²) in [4.78, 5) is 20.7. The van der Waals surface area contributed by atoms with E-state index in [-0.39, 0.29) is 6.42 Å². The number of esters is 1. The van der Waals surface area contributed by atoms with Crippen LogP contribution < -0.4 is 11.1 Å². The van der Waals surface area contributed by atoms with E-state index in [2.05, 4.69) is 10.1 Å². The van der Waals surface area contributed by atoms with Crippen LogP contribution in [0.5, 0.6) is 0 Å². The van der Waals surface area contributed by atoms with Crippen LogP contribution in [0.3, 0.4) is 0 Å². The Morgan fingerprint density at radius 2 is 2.08 bits per heavy atom. The lowest BCUT2D eigenvalue weighted by Crippen LogP contribution is -2.25. The maximum atomic E-state index is 10.8. The maximum Gasteiger partial charge on any atom is 0.341 e. The minimum Gasteiger partial charge on any atom is -0.479 e. The molecule has 0 saturated carbocycles. The summed E-state index contributed by atoms with van der Waals surface area (Å²) in [5.41, 5.74) is 5.19. The van der Waals surface area contributed by atoms with E-state index in [9.17, 15) is 9.59 Å². The number of hydrogen-bond donors (Lipinski definition) is 3. The van der Waals surface area contributed by atoms with Gasteiger partial charge in [-0.3, -0.25) is 4.79 Å². The average Bonchev–Trinajstić information content (AvgIpc) is 2.09. The predicted octanol–water partition coefficient (Wildman–Crippen LogP) is -1.45. The topological polar surface area (TPSA) is 102 Å². The number of nitrogens with one attached hydrogen (secondary N) is 1. The molecule has 13 heavy (non-hydrogen) atoms. The first kappa shape index (κ1) is 11.9. The second-order valence-electron chi connectivity index (χ2n) is 2.34. The molecule has 0 aromatic heterocycles. The summed E-state index contributed by atoms with van der Waals surface area (Å²) in [5, 5.41) is 11.0. The zero-order valence-corrected chi connectivity index (χ0v) is 7.28. The third kappa shape index (κ3) is 8.77. The van der Waals surface area contributed by atoms with Crippen molar-refractivity contribution in [2.24, 2.45) is 5.73 Å². The van der Waals surface area contributed by atoms with Crippen molar-refractivity contribution in [2.75, 3.05) is 26.2 Å². The van der Waals surface area contributed by atoms with Crippen molar-refractivity contribution < 1.29 is 19.4 Å². The van der Waals surface area contributed by atoms with Gasteiger partial charge in [-0.2, -0.15) is 0 Å². The Hall–Kier alpha value is -1.14. The Bertz CT molecular complexity index is 172. The van der Waals surface area contributed by atoms with Crippen LogP contribution in [-0.2, 0) is 14.3 Å². The Morgan fingerprint density at radius 3 is 2.62 bits per heavy atom. The molecule has 0 fully saturated rings. The van der Waals surface area contributed by atoms with Crippen molar-refractivity contribution in [1.29, 1.82) is 0 Å². The van der Waals surface area contributed by atoms with E-state index < -0.39 is 18.5 Å². The molecule has 0 unspecified atom stereocenters. The largest absolute Gasteiger partial charge is 0.479 e. The first-order valence-corrected chi connectivity index (χ1v) is 3.95. The van der Waals surface area contributed by atoms with Gasteiger partial charge in [-0.1, -0.05) is 0 Å². The number of aliphatic carboxylic acids is 1. The summed E-state index contributed by atoms with van der Waals surface area (Å²) in [6.07, 6.45) is 0.160. The maximum absolute atomic E-state index is 10.8. The normalized spacial score (nSPS) is 9.62. The highest BCUT2D eigenvalue weighted by Gasteiger charge is 2.04. The summed E-state index contributed by atoms with van der Waals surface area (Å²) in [7, 11) is 0. The molecule has 0 saturated heterocycles. The monoisotopic (exact) mass is 190 g/mol. The minimum absolute atomic E-state index is 0.160. The predicted molar refractivity (Wildman–Crippen MR) is 45.1 cm³/mol. The highest BCUT2D eigenvalue weighted by atomic mass is 16.5. The summed E-state index contributed by atoms with van der Waals surface area (Å²) >= 11 is 0. The third-order valence-electron chi connectivity index (χ3n) is 1.18. The molecule has 0 amide bonds. The van der Waals surface area contributed by atoms with Crippen LogP contribution in [0, 0.1) is 0 Å². The standard InChI is InChI=1S/C7H14N2O4/c8-2-4-9-3-1-7(12)13-5-6(10)11/h9H,1-5,8H2,(H,10,11). The van der Waals surface area contributed by atoms with Crippen molar-refractivity contribution >= 4 is 11.9 Å². The zero-order chi connectivity index (χ0) is 10.1. The van der Waals surface area contributed by atoms with E-state index in [1.54, 1.807) is 0 Å². The SMILES string of the molecule is NCCNCCC(=O)OCC(=O)O. The van der Waals surface area contributed by atoms with Crippen molar-refractivity contribution in [1.82, 2.24) is 5.32 Å². The fraction of sp³-hybridized carbons (Fsp3) is 0.714. The number of carbonyl (C=O) groups is 2. The molecule has 0 aliphatic heterocycles. The van der Waals surface area contributed by atoms with Gasteiger partial charge in [0.15, 0.2) is 6.61 Å². The van der Waals surface area contributed by atoms with Crippen LogP contribution in [-0.4, -0.2) is 43.3 Å². The van der Waals surface area contributed by atoms with E-state index in [0.29, 0.717) is 19.6 Å². The molecule has 6 nitrogen and oxygen atoms in total. The first-order valence-electron chi connectivity index (χ1n) is 3.95. The third-order valence-corrected chi connectivity index (χ3v) is 1.18. The Morgan fingerprint density at radius 1 is 1.38 bits per heavy atom. The quantitative estimate of drug-likeness (QED) is 0.335. The number of ether oxygens (including phenoxy) is 1. The van der Waals surface area contributed by atoms with Crippen molar-refractivity contribution in [3.8, 4) is 0 Å². The van der Waals surface area contributed by atoms with Crippen LogP contribution in [0.1, 0.15) is 6.42 Å². The summed E-state index contributed by atoms with van der Waals surface area (Å²) in [5.74, 6) is -1.67. The van der Waals surface area contributed by atoms with Crippen molar-refractivity contribution in [3.63, 3.8) is 0 Å². The molecular weight excluding hydrogens is 176 g/mol. The minimum atomic E-state index is -1.15. The number of carboxylic acid groups (broad SMARTS) is 1. The Labute approximate surface area is 76.0 Å². The first-order chi connectivity index (χ1) is 6.16. The number of hydrogen-bond acceptors (Lipinski definition) is 5. The molecule has 0 bridgehead atoms. The number of carboxylic acids is 1. The van der Waals surface area contributed by atoms with Crippen molar-refractivity contribution in [3.05, 3.63) is 0 Å². The molecule has 0 aliphatic rings. The molecule has 0 radical (unpaired) electrons. The molecule has 0 rings (SSSR count). The average molecular weight is 190 g/mol. The number of nitrogens with two attached hydrogens (primary N) is 1. The second kappa shape index (κ2) is 7.51. The van der Waals surface area contributed by atoms with Crippen LogP contribution >= 0.6 is 0 Å². The van der Waals surface area contributed by atoms with E-state index in [1.165, 1.54) is 0 Å². The summed E-state index contributed by atoms with van der Waals surface area (Å²) < 4.78 is 4.37. The van der Waals surface area contributed by atoms with Gasteiger partial charge in [0.05, 0.1) is 6.42 Å². The van der Waals surface area contributed by atoms with Gasteiger partial charge in [0.1, 0.15) is 0 Å². The summed E-state index contributed by atoms with van der Waals surface area (Å²) in [6.45, 7) is 1.02. The van der Waals surface area contributed by atoms with Gasteiger partial charge in [0, 0.05) is 19.6 Å². The van der Waals surface area contributed by atoms with Gasteiger partial charge >= 0.3 is 11.9 Å². The van der Waals surface area contributed by atoms with Gasteiger partial charge in [-0.05, 0) is 0 Å². The van der Waals surface area contributed by atoms with Crippen LogP contribution in [0.4, 0.5) is 0 Å². The van der Waals surface area contributed by atoms with Gasteiger partial charge in [0.25, 0.3) is 0 Å². The highest BCUT2D eigenvalue weighted by Crippen LogP contribution is 1.84. The molecule has 0 atom stereocenters. The van der Waals surface area contributed by atoms with Crippen LogP contribution in [0.2, 0.25) is 0 Å². The highest BCUT2D eigenvalue weighted by molar-refractivity contribution is 5.75. The molecule has 4 N–H and O–H groups in total. The fourth-order valence-electron chi connectivity index (χ4n) is 0.632. The van der Waals surface area contributed by atoms with Gasteiger partial charge in [0.2, 0.25) is 0 Å². The molecule has 0 spiro atoms. The Kier molecular flexibility index (Phi) is 6.85. The molecule has 76 valence electrons. The lowest BCUT2D eigenvalue weighted by Gasteiger charge is -2.02. The van der Waals surface area contributed by atoms with E-state index in [4.69, 9.17) is 10.8 Å². The smallest absolute Gasteiger partial charge is 0.341 e. The molecule has 6 heteroatoms. The molecule has 0 aliphatic carbocycles. The lowest BCUT2D eigenvalue weighted by molar-refractivity contribution is -0.155. The second-order valence-corrected chi connectivity index (χ2v) is 2.34. The lowest BCUT2D eigenvalue weighted by atomic mass is 10.4. The van der Waals surface area contributed by atoms with Gasteiger partial charge in [-0.15, -0.1) is 0 Å². The zero-order valence-electron chi connectivity index (χ0n) is 7.28. The number of rotatable bonds is 7. The van der Waals surface area contributed by atoms with Crippen LogP contribution in [0.15, 0.2) is 0 Å². The molecular formula is C7H14N2O4. The van der Waals surface area contributed by atoms with E-state index in [1.807, 2.05) is 0 Å². The Balaban J connectivity index is 3.25. The fourth-order valence-corrected chi connectivity index (χ4v) is 0.632. The van der Waals surface area contributed by atoms with Crippen LogP contribution in [0.25, 0.3) is 0 Å².